The van der Waals surface area contributed by atoms with Crippen molar-refractivity contribution in [2.45, 2.75) is 5.03 Å². The number of amides is 1. The number of nitrogens with zero attached hydrogens (tertiary/aromatic N) is 1. The molecule has 0 radical (unpaired) electrons. The normalized spacial score (nSPS) is 11.5. The Morgan fingerprint density at radius 2 is 2.11 bits per heavy atom. The van der Waals surface area contributed by atoms with Crippen molar-refractivity contribution in [1.82, 2.24) is 4.98 Å². The fourth-order valence-electron chi connectivity index (χ4n) is 1.27. The number of hydrogen-bond donors (Lipinski definition) is 1. The van der Waals surface area contributed by atoms with Crippen LogP contribution in [0.3, 0.4) is 0 Å². The van der Waals surface area contributed by atoms with Gasteiger partial charge in [0.05, 0.1) is 5.38 Å². The van der Waals surface area contributed by atoms with E-state index in [1.54, 1.807) is 17.5 Å². The summed E-state index contributed by atoms with van der Waals surface area (Å²) in [7, 11) is 0. The number of carbonyl (C=O) groups is 1. The van der Waals surface area contributed by atoms with Crippen molar-refractivity contribution in [3.8, 4) is 5.75 Å². The molecule has 2 aromatic rings. The number of hydrogen-bond acceptors (Lipinski definition) is 5. The van der Waals surface area contributed by atoms with Gasteiger partial charge in [-0.2, -0.15) is 4.98 Å². The summed E-state index contributed by atoms with van der Waals surface area (Å²) in [5, 5.41) is 16.3. The van der Waals surface area contributed by atoms with E-state index in [0.29, 0.717) is 10.2 Å². The third kappa shape index (κ3) is 4.20. The van der Waals surface area contributed by atoms with Gasteiger partial charge in [0.1, 0.15) is 6.26 Å². The van der Waals surface area contributed by atoms with E-state index < -0.39 is 17.1 Å². The molecule has 1 unspecified atom stereocenters. The van der Waals surface area contributed by atoms with Crippen LogP contribution in [0.25, 0.3) is 0 Å². The molecular formula is C11H9N2NaO3S2. The van der Waals surface area contributed by atoms with Crippen molar-refractivity contribution in [2.24, 2.45) is 0 Å². The topological polar surface area (TPSA) is 88.1 Å². The summed E-state index contributed by atoms with van der Waals surface area (Å²) in [4.78, 5) is 15.8. The summed E-state index contributed by atoms with van der Waals surface area (Å²) in [5.41, 5.74) is 0.0619. The summed E-state index contributed by atoms with van der Waals surface area (Å²) in [5.74, 6) is -0.853. The first-order valence-electron chi connectivity index (χ1n) is 4.94. The Hall–Kier alpha value is -0.570. The van der Waals surface area contributed by atoms with E-state index in [0.717, 1.165) is 0 Å². The zero-order chi connectivity index (χ0) is 13.1. The van der Waals surface area contributed by atoms with E-state index in [9.17, 15) is 14.5 Å². The molecule has 0 saturated heterocycles. The molecule has 5 nitrogen and oxygen atoms in total. The number of aromatic nitrogens is 1. The van der Waals surface area contributed by atoms with Crippen LogP contribution in [0.2, 0.25) is 0 Å². The molecule has 1 atom stereocenters. The van der Waals surface area contributed by atoms with E-state index in [-0.39, 0.29) is 40.9 Å². The van der Waals surface area contributed by atoms with Gasteiger partial charge in [0.15, 0.2) is 5.13 Å². The van der Waals surface area contributed by atoms with Crippen molar-refractivity contribution < 1.29 is 44.0 Å². The molecular weight excluding hydrogens is 295 g/mol. The zero-order valence-corrected chi connectivity index (χ0v) is 14.0. The SMILES string of the molecule is C[S+]([O-])c1csc(NC(=O)c2ccccc2[O-])n1.[Na+]. The molecule has 8 heteroatoms. The predicted octanol–water partition coefficient (Wildman–Crippen LogP) is -1.79. The van der Waals surface area contributed by atoms with Gasteiger partial charge < -0.3 is 9.66 Å². The van der Waals surface area contributed by atoms with Crippen LogP contribution in [-0.2, 0) is 11.2 Å². The second kappa shape index (κ2) is 7.28. The minimum atomic E-state index is -1.19. The average molecular weight is 304 g/mol. The summed E-state index contributed by atoms with van der Waals surface area (Å²) >= 11 is -0.0170. The fourth-order valence-corrected chi connectivity index (χ4v) is 2.80. The van der Waals surface area contributed by atoms with Crippen molar-refractivity contribution in [1.29, 1.82) is 0 Å². The van der Waals surface area contributed by atoms with E-state index >= 15 is 0 Å². The van der Waals surface area contributed by atoms with Crippen molar-refractivity contribution in [2.75, 3.05) is 11.6 Å². The monoisotopic (exact) mass is 304 g/mol. The van der Waals surface area contributed by atoms with Crippen LogP contribution in [-0.4, -0.2) is 21.7 Å². The number of thiazole rings is 1. The van der Waals surface area contributed by atoms with Crippen LogP contribution in [0.5, 0.6) is 5.75 Å². The molecule has 1 aromatic heterocycles. The van der Waals surface area contributed by atoms with Crippen LogP contribution in [0.1, 0.15) is 10.4 Å². The van der Waals surface area contributed by atoms with Crippen molar-refractivity contribution in [3.05, 3.63) is 35.2 Å². The van der Waals surface area contributed by atoms with E-state index in [1.165, 1.54) is 29.7 Å². The first-order valence-corrected chi connectivity index (χ1v) is 7.38. The third-order valence-electron chi connectivity index (χ3n) is 2.13. The molecule has 94 valence electrons. The zero-order valence-electron chi connectivity index (χ0n) is 10.4. The Balaban J connectivity index is 0.00000180. The van der Waals surface area contributed by atoms with Crippen molar-refractivity contribution >= 4 is 33.6 Å². The van der Waals surface area contributed by atoms with Gasteiger partial charge in [0.2, 0.25) is 0 Å². The standard InChI is InChI=1S/C11H10N2O3S2.Na/c1-18(16)9-6-17-11(12-9)13-10(15)7-4-2-3-5-8(7)14;/h2-6,14H,1H3,(H,12,13,15);/q;+1/p-1. The molecule has 0 fully saturated rings. The van der Waals surface area contributed by atoms with Gasteiger partial charge in [0, 0.05) is 16.7 Å². The molecule has 2 rings (SSSR count). The third-order valence-corrected chi connectivity index (χ3v) is 3.83. The maximum atomic E-state index is 11.8. The van der Waals surface area contributed by atoms with Gasteiger partial charge in [-0.15, -0.1) is 0 Å². The molecule has 0 bridgehead atoms. The van der Waals surface area contributed by atoms with Gasteiger partial charge in [-0.3, -0.25) is 10.1 Å². The fraction of sp³-hybridized carbons (Fsp3) is 0.0909. The molecule has 1 N–H and O–H groups in total. The smallest absolute Gasteiger partial charge is 0.872 e. The second-order valence-electron chi connectivity index (χ2n) is 3.40. The van der Waals surface area contributed by atoms with Crippen molar-refractivity contribution in [3.63, 3.8) is 0 Å². The Bertz CT molecular complexity index is 575. The number of anilines is 1. The molecule has 19 heavy (non-hydrogen) atoms. The minimum absolute atomic E-state index is 0. The van der Waals surface area contributed by atoms with Gasteiger partial charge in [-0.1, -0.05) is 41.4 Å². The molecule has 1 aromatic carbocycles. The van der Waals surface area contributed by atoms with Gasteiger partial charge >= 0.3 is 29.6 Å². The Kier molecular flexibility index (Phi) is 6.31. The van der Waals surface area contributed by atoms with E-state index in [1.807, 2.05) is 0 Å². The molecule has 0 aliphatic carbocycles. The van der Waals surface area contributed by atoms with Gasteiger partial charge in [-0.05, 0) is 0 Å². The molecule has 0 aliphatic heterocycles. The van der Waals surface area contributed by atoms with Crippen LogP contribution < -0.4 is 40.0 Å². The maximum Gasteiger partial charge on any atom is 1.00 e. The molecule has 1 heterocycles. The Morgan fingerprint density at radius 1 is 1.42 bits per heavy atom. The molecule has 1 amide bonds. The van der Waals surface area contributed by atoms with Crippen LogP contribution in [0.15, 0.2) is 34.7 Å². The number of benzene rings is 1. The second-order valence-corrected chi connectivity index (χ2v) is 5.58. The summed E-state index contributed by atoms with van der Waals surface area (Å²) in [6, 6.07) is 5.96. The van der Waals surface area contributed by atoms with Crippen LogP contribution in [0.4, 0.5) is 5.13 Å². The number of rotatable bonds is 3. The Labute approximate surface area is 139 Å². The molecule has 0 aliphatic rings. The quantitative estimate of drug-likeness (QED) is 0.536. The largest absolute Gasteiger partial charge is 1.00 e. The molecule has 0 saturated carbocycles. The van der Waals surface area contributed by atoms with Gasteiger partial charge in [-0.25, -0.2) is 0 Å². The first-order chi connectivity index (χ1) is 8.58. The average Bonchev–Trinajstić information content (AvgIpc) is 2.78. The van der Waals surface area contributed by atoms with Crippen LogP contribution in [0, 0.1) is 0 Å². The summed E-state index contributed by atoms with van der Waals surface area (Å²) in [6.07, 6.45) is 1.51. The summed E-state index contributed by atoms with van der Waals surface area (Å²) < 4.78 is 11.2. The summed E-state index contributed by atoms with van der Waals surface area (Å²) in [6.45, 7) is 0. The Morgan fingerprint density at radius 3 is 2.68 bits per heavy atom. The minimum Gasteiger partial charge on any atom is -0.872 e. The number of carbonyl (C=O) groups excluding carboxylic acids is 1. The van der Waals surface area contributed by atoms with Crippen LogP contribution >= 0.6 is 11.3 Å². The molecule has 0 spiro atoms. The van der Waals surface area contributed by atoms with Gasteiger partial charge in [0.25, 0.3) is 10.9 Å². The first kappa shape index (κ1) is 16.5. The van der Waals surface area contributed by atoms with E-state index in [4.69, 9.17) is 0 Å². The number of nitrogens with one attached hydrogen (secondary N) is 1. The predicted molar refractivity (Wildman–Crippen MR) is 68.3 cm³/mol. The maximum absolute atomic E-state index is 11.8. The van der Waals surface area contributed by atoms with E-state index in [2.05, 4.69) is 10.3 Å². The number of para-hydroxylation sites is 1.